The van der Waals surface area contributed by atoms with Gasteiger partial charge in [0.25, 0.3) is 5.56 Å². The second-order valence-electron chi connectivity index (χ2n) is 2.98. The molecule has 0 spiro atoms. The summed E-state index contributed by atoms with van der Waals surface area (Å²) in [4.78, 5) is 17.5. The van der Waals surface area contributed by atoms with Crippen LogP contribution in [0.5, 0.6) is 0 Å². The van der Waals surface area contributed by atoms with Crippen molar-refractivity contribution in [2.75, 3.05) is 0 Å². The van der Waals surface area contributed by atoms with Gasteiger partial charge in [0.1, 0.15) is 0 Å². The second kappa shape index (κ2) is 2.49. The Kier molecular flexibility index (Phi) is 1.49. The van der Waals surface area contributed by atoms with E-state index in [1.807, 2.05) is 0 Å². The van der Waals surface area contributed by atoms with Gasteiger partial charge >= 0.3 is 0 Å². The number of nitrogens with one attached hydrogen (secondary N) is 1. The van der Waals surface area contributed by atoms with Gasteiger partial charge in [0.15, 0.2) is 0 Å². The van der Waals surface area contributed by atoms with Gasteiger partial charge in [-0.05, 0) is 12.8 Å². The molecule has 0 aliphatic heterocycles. The molecule has 1 aliphatic rings. The average Bonchev–Trinajstić information content (AvgIpc) is 1.83. The molecule has 0 unspecified atom stereocenters. The number of aromatic nitrogens is 2. The van der Waals surface area contributed by atoms with E-state index >= 15 is 0 Å². The standard InChI is InChI=1S/C8H10N2O/c11-8-5-9-4-7(10-8)6-2-1-3-6/h4-6H,1-3H2,(H,10,11). The normalized spacial score (nSPS) is 17.8. The highest BCUT2D eigenvalue weighted by Gasteiger charge is 2.19. The largest absolute Gasteiger partial charge is 0.323 e. The number of nitrogens with zero attached hydrogens (tertiary/aromatic N) is 1. The van der Waals surface area contributed by atoms with E-state index in [1.54, 1.807) is 6.20 Å². The van der Waals surface area contributed by atoms with Gasteiger partial charge in [-0.15, -0.1) is 0 Å². The first kappa shape index (κ1) is 6.58. The molecule has 1 heterocycles. The summed E-state index contributed by atoms with van der Waals surface area (Å²) in [6.45, 7) is 0. The third kappa shape index (κ3) is 1.18. The molecule has 0 atom stereocenters. The maximum absolute atomic E-state index is 10.8. The van der Waals surface area contributed by atoms with Gasteiger partial charge in [0, 0.05) is 17.8 Å². The SMILES string of the molecule is O=c1cncc(C2CCC2)[nH]1. The van der Waals surface area contributed by atoms with Crippen molar-refractivity contribution in [3.8, 4) is 0 Å². The van der Waals surface area contributed by atoms with Crippen molar-refractivity contribution in [1.29, 1.82) is 0 Å². The first-order valence-electron chi connectivity index (χ1n) is 3.90. The predicted octanol–water partition coefficient (Wildman–Crippen LogP) is 1.04. The summed E-state index contributed by atoms with van der Waals surface area (Å²) in [5.41, 5.74) is 0.915. The van der Waals surface area contributed by atoms with Gasteiger partial charge < -0.3 is 4.98 Å². The minimum absolute atomic E-state index is 0.0885. The third-order valence-corrected chi connectivity index (χ3v) is 2.22. The van der Waals surface area contributed by atoms with E-state index < -0.39 is 0 Å². The van der Waals surface area contributed by atoms with Crippen LogP contribution in [0, 0.1) is 0 Å². The number of H-pyrrole nitrogens is 1. The Morgan fingerprint density at radius 2 is 2.27 bits per heavy atom. The van der Waals surface area contributed by atoms with E-state index in [-0.39, 0.29) is 5.56 Å². The molecule has 1 fully saturated rings. The zero-order valence-corrected chi connectivity index (χ0v) is 6.21. The smallest absolute Gasteiger partial charge is 0.266 e. The second-order valence-corrected chi connectivity index (χ2v) is 2.98. The van der Waals surface area contributed by atoms with Gasteiger partial charge in [0.2, 0.25) is 0 Å². The molecule has 0 bridgehead atoms. The summed E-state index contributed by atoms with van der Waals surface area (Å²) < 4.78 is 0. The van der Waals surface area contributed by atoms with Crippen LogP contribution in [0.15, 0.2) is 17.2 Å². The Labute approximate surface area is 64.5 Å². The summed E-state index contributed by atoms with van der Waals surface area (Å²) in [5, 5.41) is 0. The molecule has 0 aromatic carbocycles. The minimum atomic E-state index is -0.0885. The summed E-state index contributed by atoms with van der Waals surface area (Å²) in [6.07, 6.45) is 6.73. The van der Waals surface area contributed by atoms with E-state index in [9.17, 15) is 4.79 Å². The van der Waals surface area contributed by atoms with E-state index in [0.717, 1.165) is 5.69 Å². The predicted molar refractivity (Wildman–Crippen MR) is 41.4 cm³/mol. The number of hydrogen-bond acceptors (Lipinski definition) is 2. The average molecular weight is 150 g/mol. The summed E-state index contributed by atoms with van der Waals surface area (Å²) in [7, 11) is 0. The van der Waals surface area contributed by atoms with Crippen LogP contribution in [0.2, 0.25) is 0 Å². The first-order chi connectivity index (χ1) is 5.36. The Morgan fingerprint density at radius 1 is 1.45 bits per heavy atom. The molecule has 11 heavy (non-hydrogen) atoms. The lowest BCUT2D eigenvalue weighted by Gasteiger charge is -2.24. The zero-order valence-electron chi connectivity index (χ0n) is 6.21. The summed E-state index contributed by atoms with van der Waals surface area (Å²) in [5.74, 6) is 0.566. The van der Waals surface area contributed by atoms with Gasteiger partial charge in [-0.2, -0.15) is 0 Å². The van der Waals surface area contributed by atoms with Gasteiger partial charge in [-0.3, -0.25) is 9.78 Å². The maximum Gasteiger partial charge on any atom is 0.266 e. The topological polar surface area (TPSA) is 45.8 Å². The van der Waals surface area contributed by atoms with Crippen molar-refractivity contribution in [2.45, 2.75) is 25.2 Å². The van der Waals surface area contributed by atoms with E-state index in [2.05, 4.69) is 9.97 Å². The van der Waals surface area contributed by atoms with Crippen LogP contribution in [-0.2, 0) is 0 Å². The van der Waals surface area contributed by atoms with Gasteiger partial charge in [-0.25, -0.2) is 0 Å². The highest BCUT2D eigenvalue weighted by Crippen LogP contribution is 2.34. The van der Waals surface area contributed by atoms with E-state index in [0.29, 0.717) is 5.92 Å². The van der Waals surface area contributed by atoms with Crippen LogP contribution < -0.4 is 5.56 Å². The molecule has 1 N–H and O–H groups in total. The molecule has 1 aromatic heterocycles. The maximum atomic E-state index is 10.8. The van der Waals surface area contributed by atoms with E-state index in [4.69, 9.17) is 0 Å². The fourth-order valence-electron chi connectivity index (χ4n) is 1.32. The molecule has 1 saturated carbocycles. The third-order valence-electron chi connectivity index (χ3n) is 2.22. The lowest BCUT2D eigenvalue weighted by Crippen LogP contribution is -2.16. The highest BCUT2D eigenvalue weighted by atomic mass is 16.1. The van der Waals surface area contributed by atoms with Crippen LogP contribution in [0.1, 0.15) is 30.9 Å². The molecule has 3 nitrogen and oxygen atoms in total. The Bertz CT molecular complexity index is 301. The molecule has 1 aliphatic carbocycles. The van der Waals surface area contributed by atoms with Gasteiger partial charge in [0.05, 0.1) is 6.20 Å². The molecule has 58 valence electrons. The Hall–Kier alpha value is -1.12. The van der Waals surface area contributed by atoms with E-state index in [1.165, 1.54) is 25.5 Å². The van der Waals surface area contributed by atoms with Crippen molar-refractivity contribution in [3.05, 3.63) is 28.4 Å². The van der Waals surface area contributed by atoms with Crippen molar-refractivity contribution in [3.63, 3.8) is 0 Å². The summed E-state index contributed by atoms with van der Waals surface area (Å²) >= 11 is 0. The first-order valence-corrected chi connectivity index (χ1v) is 3.90. The van der Waals surface area contributed by atoms with Crippen molar-refractivity contribution in [2.24, 2.45) is 0 Å². The molecule has 2 rings (SSSR count). The quantitative estimate of drug-likeness (QED) is 0.650. The van der Waals surface area contributed by atoms with Crippen LogP contribution in [-0.4, -0.2) is 9.97 Å². The number of hydrogen-bond donors (Lipinski definition) is 1. The fraction of sp³-hybridized carbons (Fsp3) is 0.500. The molecule has 3 heteroatoms. The molecule has 0 amide bonds. The molecular formula is C8H10N2O. The van der Waals surface area contributed by atoms with Crippen LogP contribution in [0.25, 0.3) is 0 Å². The summed E-state index contributed by atoms with van der Waals surface area (Å²) in [6, 6.07) is 0. The number of aromatic amines is 1. The molecule has 1 aromatic rings. The van der Waals surface area contributed by atoms with Crippen LogP contribution in [0.3, 0.4) is 0 Å². The Balaban J connectivity index is 2.30. The van der Waals surface area contributed by atoms with Crippen LogP contribution in [0.4, 0.5) is 0 Å². The van der Waals surface area contributed by atoms with Crippen molar-refractivity contribution in [1.82, 2.24) is 9.97 Å². The minimum Gasteiger partial charge on any atom is -0.323 e. The van der Waals surface area contributed by atoms with Gasteiger partial charge in [-0.1, -0.05) is 6.42 Å². The Morgan fingerprint density at radius 3 is 2.82 bits per heavy atom. The molecule has 0 saturated heterocycles. The van der Waals surface area contributed by atoms with Crippen LogP contribution >= 0.6 is 0 Å². The van der Waals surface area contributed by atoms with Crippen molar-refractivity contribution < 1.29 is 0 Å². The lowest BCUT2D eigenvalue weighted by atomic mass is 9.83. The number of rotatable bonds is 1. The molecule has 0 radical (unpaired) electrons. The lowest BCUT2D eigenvalue weighted by molar-refractivity contribution is 0.409. The highest BCUT2D eigenvalue weighted by molar-refractivity contribution is 5.06. The zero-order chi connectivity index (χ0) is 7.68. The monoisotopic (exact) mass is 150 g/mol. The fourth-order valence-corrected chi connectivity index (χ4v) is 1.32. The van der Waals surface area contributed by atoms with Crippen molar-refractivity contribution >= 4 is 0 Å². The molecular weight excluding hydrogens is 140 g/mol.